The number of aromatic nitrogens is 2. The molecule has 0 spiro atoms. The third-order valence-corrected chi connectivity index (χ3v) is 3.43. The van der Waals surface area contributed by atoms with Gasteiger partial charge in [-0.05, 0) is 32.9 Å². The molecule has 18 heavy (non-hydrogen) atoms. The molecule has 0 radical (unpaired) electrons. The highest BCUT2D eigenvalue weighted by molar-refractivity contribution is 5.27. The number of piperidine rings is 1. The molecule has 100 valence electrons. The van der Waals surface area contributed by atoms with Crippen molar-refractivity contribution in [2.45, 2.75) is 32.2 Å². The number of ether oxygens (including phenoxy) is 1. The van der Waals surface area contributed by atoms with E-state index in [0.717, 1.165) is 6.54 Å². The minimum atomic E-state index is 0.524. The van der Waals surface area contributed by atoms with E-state index in [1.54, 1.807) is 19.5 Å². The summed E-state index contributed by atoms with van der Waals surface area (Å²) in [6.45, 7) is 5.56. The first kappa shape index (κ1) is 13.1. The van der Waals surface area contributed by atoms with Crippen LogP contribution in [0.2, 0.25) is 0 Å². The largest absolute Gasteiger partial charge is 0.494 e. The average Bonchev–Trinajstić information content (AvgIpc) is 2.46. The second kappa shape index (κ2) is 6.54. The van der Waals surface area contributed by atoms with E-state index in [9.17, 15) is 0 Å². The summed E-state index contributed by atoms with van der Waals surface area (Å²) in [6.07, 6.45) is 7.38. The Balaban J connectivity index is 1.78. The normalized spacial score (nSPS) is 18.3. The molecule has 1 aliphatic rings. The molecule has 1 fully saturated rings. The second-order valence-electron chi connectivity index (χ2n) is 4.77. The van der Waals surface area contributed by atoms with E-state index in [1.807, 2.05) is 0 Å². The number of anilines is 1. The molecule has 1 atom stereocenters. The van der Waals surface area contributed by atoms with Crippen LogP contribution in [0.25, 0.3) is 0 Å². The van der Waals surface area contributed by atoms with Gasteiger partial charge in [0.25, 0.3) is 0 Å². The summed E-state index contributed by atoms with van der Waals surface area (Å²) in [5.74, 6) is 1.35. The second-order valence-corrected chi connectivity index (χ2v) is 4.77. The average molecular weight is 250 g/mol. The summed E-state index contributed by atoms with van der Waals surface area (Å²) in [6, 6.07) is 0.524. The number of nitrogens with one attached hydrogen (secondary N) is 1. The van der Waals surface area contributed by atoms with Gasteiger partial charge in [0, 0.05) is 12.6 Å². The van der Waals surface area contributed by atoms with Crippen LogP contribution in [-0.4, -0.2) is 47.7 Å². The molecule has 2 rings (SSSR count). The quantitative estimate of drug-likeness (QED) is 0.863. The van der Waals surface area contributed by atoms with Crippen LogP contribution in [0.5, 0.6) is 5.75 Å². The summed E-state index contributed by atoms with van der Waals surface area (Å²) in [7, 11) is 1.62. The molecule has 2 heterocycles. The molecule has 0 aromatic carbocycles. The molecule has 0 bridgehead atoms. The van der Waals surface area contributed by atoms with E-state index in [0.29, 0.717) is 17.7 Å². The summed E-state index contributed by atoms with van der Waals surface area (Å²) in [4.78, 5) is 10.9. The summed E-state index contributed by atoms with van der Waals surface area (Å²) in [5, 5.41) is 3.27. The maximum Gasteiger partial charge on any atom is 0.222 e. The molecule has 1 aromatic rings. The SMILES string of the molecule is COc1cnc(NCC(C)N2CCCCC2)nc1. The molecule has 1 N–H and O–H groups in total. The van der Waals surface area contributed by atoms with Gasteiger partial charge in [0.05, 0.1) is 19.5 Å². The molecule has 5 nitrogen and oxygen atoms in total. The van der Waals surface area contributed by atoms with Crippen molar-refractivity contribution < 1.29 is 4.74 Å². The smallest absolute Gasteiger partial charge is 0.222 e. The van der Waals surface area contributed by atoms with Crippen molar-refractivity contribution in [2.24, 2.45) is 0 Å². The fourth-order valence-electron chi connectivity index (χ4n) is 2.24. The van der Waals surface area contributed by atoms with Gasteiger partial charge in [0.1, 0.15) is 0 Å². The topological polar surface area (TPSA) is 50.3 Å². The van der Waals surface area contributed by atoms with Crippen LogP contribution in [0.1, 0.15) is 26.2 Å². The van der Waals surface area contributed by atoms with Crippen LogP contribution in [0.15, 0.2) is 12.4 Å². The molecule has 0 aliphatic carbocycles. The Morgan fingerprint density at radius 3 is 2.56 bits per heavy atom. The van der Waals surface area contributed by atoms with Crippen molar-refractivity contribution in [3.8, 4) is 5.75 Å². The van der Waals surface area contributed by atoms with Gasteiger partial charge in [-0.1, -0.05) is 6.42 Å². The summed E-state index contributed by atoms with van der Waals surface area (Å²) in [5.41, 5.74) is 0. The third-order valence-electron chi connectivity index (χ3n) is 3.43. The molecular formula is C13H22N4O. The van der Waals surface area contributed by atoms with Crippen molar-refractivity contribution in [2.75, 3.05) is 32.1 Å². The van der Waals surface area contributed by atoms with E-state index >= 15 is 0 Å². The highest BCUT2D eigenvalue weighted by Gasteiger charge is 2.16. The van der Waals surface area contributed by atoms with Crippen LogP contribution in [0, 0.1) is 0 Å². The Morgan fingerprint density at radius 1 is 1.28 bits per heavy atom. The zero-order valence-corrected chi connectivity index (χ0v) is 11.2. The lowest BCUT2D eigenvalue weighted by Crippen LogP contribution is -2.41. The van der Waals surface area contributed by atoms with E-state index < -0.39 is 0 Å². The first-order valence-corrected chi connectivity index (χ1v) is 6.63. The fraction of sp³-hybridized carbons (Fsp3) is 0.692. The lowest BCUT2D eigenvalue weighted by Gasteiger charge is -2.32. The maximum absolute atomic E-state index is 5.03. The minimum Gasteiger partial charge on any atom is -0.494 e. The van der Waals surface area contributed by atoms with Crippen LogP contribution in [0.4, 0.5) is 5.95 Å². The Bertz CT molecular complexity index is 349. The van der Waals surface area contributed by atoms with Crippen molar-refractivity contribution in [1.82, 2.24) is 14.9 Å². The zero-order chi connectivity index (χ0) is 12.8. The fourth-order valence-corrected chi connectivity index (χ4v) is 2.24. The number of nitrogens with zero attached hydrogens (tertiary/aromatic N) is 3. The Labute approximate surface area is 109 Å². The standard InChI is InChI=1S/C13H22N4O/c1-11(17-6-4-3-5-7-17)8-14-13-15-9-12(18-2)10-16-13/h9-11H,3-8H2,1-2H3,(H,14,15,16). The Hall–Kier alpha value is -1.36. The molecule has 1 aromatic heterocycles. The first-order chi connectivity index (χ1) is 8.79. The van der Waals surface area contributed by atoms with Gasteiger partial charge in [0.15, 0.2) is 5.75 Å². The van der Waals surface area contributed by atoms with E-state index in [1.165, 1.54) is 32.4 Å². The van der Waals surface area contributed by atoms with Gasteiger partial charge in [-0.2, -0.15) is 0 Å². The number of rotatable bonds is 5. The predicted octanol–water partition coefficient (Wildman–Crippen LogP) is 1.77. The lowest BCUT2D eigenvalue weighted by molar-refractivity contribution is 0.180. The number of hydrogen-bond acceptors (Lipinski definition) is 5. The van der Waals surface area contributed by atoms with Crippen LogP contribution in [0.3, 0.4) is 0 Å². The van der Waals surface area contributed by atoms with Crippen LogP contribution < -0.4 is 10.1 Å². The number of likely N-dealkylation sites (tertiary alicyclic amines) is 1. The van der Waals surface area contributed by atoms with Gasteiger partial charge in [-0.3, -0.25) is 4.90 Å². The zero-order valence-electron chi connectivity index (χ0n) is 11.2. The van der Waals surface area contributed by atoms with Crippen molar-refractivity contribution >= 4 is 5.95 Å². The summed E-state index contributed by atoms with van der Waals surface area (Å²) < 4.78 is 5.03. The van der Waals surface area contributed by atoms with Crippen LogP contribution in [-0.2, 0) is 0 Å². The molecular weight excluding hydrogens is 228 g/mol. The molecule has 0 amide bonds. The van der Waals surface area contributed by atoms with Crippen molar-refractivity contribution in [3.05, 3.63) is 12.4 Å². The highest BCUT2D eigenvalue weighted by Crippen LogP contribution is 2.12. The predicted molar refractivity (Wildman–Crippen MR) is 72.0 cm³/mol. The molecule has 1 aliphatic heterocycles. The lowest BCUT2D eigenvalue weighted by atomic mass is 10.1. The Morgan fingerprint density at radius 2 is 1.94 bits per heavy atom. The minimum absolute atomic E-state index is 0.524. The highest BCUT2D eigenvalue weighted by atomic mass is 16.5. The molecule has 1 unspecified atom stereocenters. The van der Waals surface area contributed by atoms with Crippen molar-refractivity contribution in [3.63, 3.8) is 0 Å². The Kier molecular flexibility index (Phi) is 4.75. The molecule has 1 saturated heterocycles. The molecule has 0 saturated carbocycles. The summed E-state index contributed by atoms with van der Waals surface area (Å²) >= 11 is 0. The van der Waals surface area contributed by atoms with Gasteiger partial charge < -0.3 is 10.1 Å². The van der Waals surface area contributed by atoms with Gasteiger partial charge in [-0.25, -0.2) is 9.97 Å². The van der Waals surface area contributed by atoms with E-state index in [2.05, 4.69) is 27.1 Å². The first-order valence-electron chi connectivity index (χ1n) is 6.63. The van der Waals surface area contributed by atoms with E-state index in [4.69, 9.17) is 4.74 Å². The maximum atomic E-state index is 5.03. The van der Waals surface area contributed by atoms with Crippen LogP contribution >= 0.6 is 0 Å². The molecule has 5 heteroatoms. The monoisotopic (exact) mass is 250 g/mol. The van der Waals surface area contributed by atoms with Crippen molar-refractivity contribution in [1.29, 1.82) is 0 Å². The van der Waals surface area contributed by atoms with Gasteiger partial charge >= 0.3 is 0 Å². The van der Waals surface area contributed by atoms with E-state index in [-0.39, 0.29) is 0 Å². The van der Waals surface area contributed by atoms with Gasteiger partial charge in [-0.15, -0.1) is 0 Å². The number of hydrogen-bond donors (Lipinski definition) is 1. The third kappa shape index (κ3) is 3.57. The van der Waals surface area contributed by atoms with Gasteiger partial charge in [0.2, 0.25) is 5.95 Å². The number of methoxy groups -OCH3 is 1.